The Morgan fingerprint density at radius 3 is 2.46 bits per heavy atom. The Morgan fingerprint density at radius 1 is 1.12 bits per heavy atom. The molecule has 0 bridgehead atoms. The molecule has 0 radical (unpaired) electrons. The fourth-order valence-corrected chi connectivity index (χ4v) is 2.85. The molecular formula is C17H21N2O5-. The van der Waals surface area contributed by atoms with E-state index in [0.29, 0.717) is 18.6 Å². The minimum atomic E-state index is -1.22. The van der Waals surface area contributed by atoms with Crippen molar-refractivity contribution in [1.82, 2.24) is 10.9 Å². The van der Waals surface area contributed by atoms with Crippen molar-refractivity contribution in [3.63, 3.8) is 0 Å². The Morgan fingerprint density at radius 2 is 1.79 bits per heavy atom. The maximum absolute atomic E-state index is 12.1. The molecule has 7 nitrogen and oxygen atoms in total. The Labute approximate surface area is 140 Å². The van der Waals surface area contributed by atoms with E-state index < -0.39 is 29.6 Å². The van der Waals surface area contributed by atoms with Crippen molar-refractivity contribution in [3.8, 4) is 5.75 Å². The smallest absolute Gasteiger partial charge is 0.276 e. The van der Waals surface area contributed by atoms with Gasteiger partial charge in [-0.15, -0.1) is 0 Å². The molecule has 130 valence electrons. The molecule has 1 saturated carbocycles. The van der Waals surface area contributed by atoms with E-state index in [-0.39, 0.29) is 6.61 Å². The Hall–Kier alpha value is -2.57. The van der Waals surface area contributed by atoms with Gasteiger partial charge in [-0.1, -0.05) is 31.0 Å². The molecular weight excluding hydrogens is 312 g/mol. The van der Waals surface area contributed by atoms with Crippen LogP contribution in [0.15, 0.2) is 24.3 Å². The summed E-state index contributed by atoms with van der Waals surface area (Å²) in [7, 11) is 0. The number of hydrazine groups is 1. The van der Waals surface area contributed by atoms with Crippen LogP contribution in [0.1, 0.15) is 31.2 Å². The highest BCUT2D eigenvalue weighted by Crippen LogP contribution is 2.29. The summed E-state index contributed by atoms with van der Waals surface area (Å²) in [6.07, 6.45) is 2.44. The number of para-hydroxylation sites is 1. The molecule has 1 aromatic carbocycles. The number of ether oxygens (including phenoxy) is 1. The van der Waals surface area contributed by atoms with Gasteiger partial charge in [-0.2, -0.15) is 0 Å². The summed E-state index contributed by atoms with van der Waals surface area (Å²) in [6.45, 7) is 1.61. The van der Waals surface area contributed by atoms with Gasteiger partial charge in [0.05, 0.1) is 0 Å². The third kappa shape index (κ3) is 4.71. The third-order valence-corrected chi connectivity index (χ3v) is 4.18. The van der Waals surface area contributed by atoms with Crippen molar-refractivity contribution < 1.29 is 24.2 Å². The van der Waals surface area contributed by atoms with Crippen LogP contribution in [0.2, 0.25) is 0 Å². The molecule has 2 N–H and O–H groups in total. The van der Waals surface area contributed by atoms with Crippen molar-refractivity contribution >= 4 is 17.8 Å². The normalized spacial score (nSPS) is 20.0. The number of nitrogens with one attached hydrogen (secondary N) is 2. The van der Waals surface area contributed by atoms with Crippen LogP contribution >= 0.6 is 0 Å². The summed E-state index contributed by atoms with van der Waals surface area (Å²) < 4.78 is 5.37. The van der Waals surface area contributed by atoms with E-state index >= 15 is 0 Å². The van der Waals surface area contributed by atoms with E-state index in [0.717, 1.165) is 18.4 Å². The molecule has 24 heavy (non-hydrogen) atoms. The average molecular weight is 333 g/mol. The molecule has 2 atom stereocenters. The molecule has 1 aliphatic carbocycles. The molecule has 0 spiro atoms. The van der Waals surface area contributed by atoms with Gasteiger partial charge in [0.1, 0.15) is 5.75 Å². The molecule has 0 heterocycles. The lowest BCUT2D eigenvalue weighted by Gasteiger charge is -2.31. The summed E-state index contributed by atoms with van der Waals surface area (Å²) in [6, 6.07) is 7.26. The molecule has 1 aromatic rings. The molecule has 0 aliphatic heterocycles. The summed E-state index contributed by atoms with van der Waals surface area (Å²) in [5, 5.41) is 11.1. The Balaban J connectivity index is 1.79. The first-order valence-electron chi connectivity index (χ1n) is 7.97. The highest BCUT2D eigenvalue weighted by atomic mass is 16.5. The SMILES string of the molecule is Cc1ccccc1OCC(=O)NNC(=O)[C@@H]1CCCC[C@@H]1C(=O)[O-]. The van der Waals surface area contributed by atoms with Crippen molar-refractivity contribution in [2.24, 2.45) is 11.8 Å². The predicted octanol–water partition coefficient (Wildman–Crippen LogP) is 0.0775. The molecule has 0 aromatic heterocycles. The Kier molecular flexibility index (Phi) is 6.17. The maximum atomic E-state index is 12.1. The van der Waals surface area contributed by atoms with E-state index in [1.807, 2.05) is 19.1 Å². The second-order valence-corrected chi connectivity index (χ2v) is 5.91. The van der Waals surface area contributed by atoms with Crippen LogP contribution in [0.5, 0.6) is 5.75 Å². The average Bonchev–Trinajstić information content (AvgIpc) is 2.59. The van der Waals surface area contributed by atoms with E-state index in [9.17, 15) is 19.5 Å². The van der Waals surface area contributed by atoms with Crippen molar-refractivity contribution in [2.45, 2.75) is 32.6 Å². The van der Waals surface area contributed by atoms with Gasteiger partial charge in [0, 0.05) is 17.8 Å². The van der Waals surface area contributed by atoms with Gasteiger partial charge >= 0.3 is 0 Å². The van der Waals surface area contributed by atoms with Gasteiger partial charge in [0.15, 0.2) is 6.61 Å². The van der Waals surface area contributed by atoms with Crippen molar-refractivity contribution in [1.29, 1.82) is 0 Å². The number of amides is 2. The molecule has 1 fully saturated rings. The number of hydrogen-bond donors (Lipinski definition) is 2. The number of carboxylic acid groups (broad SMARTS) is 1. The van der Waals surface area contributed by atoms with Crippen LogP contribution in [0, 0.1) is 18.8 Å². The van der Waals surface area contributed by atoms with Crippen LogP contribution in [-0.4, -0.2) is 24.4 Å². The maximum Gasteiger partial charge on any atom is 0.276 e. The van der Waals surface area contributed by atoms with Crippen molar-refractivity contribution in [3.05, 3.63) is 29.8 Å². The molecule has 1 aliphatic rings. The monoisotopic (exact) mass is 333 g/mol. The number of carbonyl (C=O) groups excluding carboxylic acids is 3. The van der Waals surface area contributed by atoms with Gasteiger partial charge in [-0.25, -0.2) is 0 Å². The number of carbonyl (C=O) groups is 3. The van der Waals surface area contributed by atoms with Gasteiger partial charge in [-0.05, 0) is 31.4 Å². The zero-order valence-electron chi connectivity index (χ0n) is 13.5. The lowest BCUT2D eigenvalue weighted by molar-refractivity contribution is -0.314. The lowest BCUT2D eigenvalue weighted by Crippen LogP contribution is -2.50. The second kappa shape index (κ2) is 8.33. The van der Waals surface area contributed by atoms with E-state index in [1.54, 1.807) is 12.1 Å². The van der Waals surface area contributed by atoms with E-state index in [4.69, 9.17) is 4.74 Å². The molecule has 2 amide bonds. The van der Waals surface area contributed by atoms with Gasteiger partial charge in [0.25, 0.3) is 5.91 Å². The first kappa shape index (κ1) is 17.8. The minimum Gasteiger partial charge on any atom is -0.550 e. The van der Waals surface area contributed by atoms with Crippen LogP contribution in [0.3, 0.4) is 0 Å². The highest BCUT2D eigenvalue weighted by Gasteiger charge is 2.31. The van der Waals surface area contributed by atoms with Crippen molar-refractivity contribution in [2.75, 3.05) is 6.61 Å². The van der Waals surface area contributed by atoms with Crippen LogP contribution < -0.4 is 20.7 Å². The summed E-state index contributed by atoms with van der Waals surface area (Å²) in [5.41, 5.74) is 5.43. The second-order valence-electron chi connectivity index (χ2n) is 5.91. The zero-order chi connectivity index (χ0) is 17.5. The van der Waals surface area contributed by atoms with Gasteiger partial charge in [0.2, 0.25) is 5.91 Å². The molecule has 0 saturated heterocycles. The Bertz CT molecular complexity index is 617. The largest absolute Gasteiger partial charge is 0.550 e. The quantitative estimate of drug-likeness (QED) is 0.742. The number of hydrogen-bond acceptors (Lipinski definition) is 5. The molecule has 7 heteroatoms. The summed E-state index contributed by atoms with van der Waals surface area (Å²) >= 11 is 0. The topological polar surface area (TPSA) is 108 Å². The number of aryl methyl sites for hydroxylation is 1. The highest BCUT2D eigenvalue weighted by molar-refractivity contribution is 5.87. The first-order chi connectivity index (χ1) is 11.5. The molecule has 0 unspecified atom stereocenters. The van der Waals surface area contributed by atoms with Crippen LogP contribution in [-0.2, 0) is 14.4 Å². The first-order valence-corrected chi connectivity index (χ1v) is 7.97. The number of aliphatic carboxylic acids is 1. The summed E-state index contributed by atoms with van der Waals surface area (Å²) in [5.74, 6) is -3.15. The third-order valence-electron chi connectivity index (χ3n) is 4.18. The van der Waals surface area contributed by atoms with Gasteiger partial charge < -0.3 is 14.6 Å². The van der Waals surface area contributed by atoms with Crippen LogP contribution in [0.25, 0.3) is 0 Å². The standard InChI is InChI=1S/C17H22N2O5/c1-11-6-2-5-9-14(11)24-10-15(20)18-19-16(21)12-7-3-4-8-13(12)17(22)23/h2,5-6,9,12-13H,3-4,7-8,10H2,1H3,(H,18,20)(H,19,21)(H,22,23)/p-1/t12-,13+/m1/s1. The predicted molar refractivity (Wildman–Crippen MR) is 83.4 cm³/mol. The number of carboxylic acids is 1. The number of benzene rings is 1. The lowest BCUT2D eigenvalue weighted by atomic mass is 9.79. The van der Waals surface area contributed by atoms with Gasteiger partial charge in [-0.3, -0.25) is 20.4 Å². The minimum absolute atomic E-state index is 0.250. The molecule has 2 rings (SSSR count). The fraction of sp³-hybridized carbons (Fsp3) is 0.471. The fourth-order valence-electron chi connectivity index (χ4n) is 2.85. The number of rotatable bonds is 5. The zero-order valence-corrected chi connectivity index (χ0v) is 13.5. The van der Waals surface area contributed by atoms with E-state index in [1.165, 1.54) is 0 Å². The van der Waals surface area contributed by atoms with Crippen LogP contribution in [0.4, 0.5) is 0 Å². The summed E-state index contributed by atoms with van der Waals surface area (Å²) in [4.78, 5) is 34.9. The van der Waals surface area contributed by atoms with E-state index in [2.05, 4.69) is 10.9 Å².